The Balaban J connectivity index is 1.05. The van der Waals surface area contributed by atoms with E-state index >= 15 is 0 Å². The molecule has 194 valence electrons. The van der Waals surface area contributed by atoms with Crippen molar-refractivity contribution in [2.75, 3.05) is 0 Å². The van der Waals surface area contributed by atoms with Gasteiger partial charge >= 0.3 is 247 Å². The fraction of sp³-hybridized carbons (Fsp3) is 0.938. The van der Waals surface area contributed by atoms with E-state index in [4.69, 9.17) is 9.98 Å². The van der Waals surface area contributed by atoms with Gasteiger partial charge in [0.2, 0.25) is 0 Å². The van der Waals surface area contributed by atoms with Gasteiger partial charge in [-0.15, -0.1) is 0 Å². The van der Waals surface area contributed by atoms with Gasteiger partial charge in [-0.1, -0.05) is 0 Å². The first-order valence-corrected chi connectivity index (χ1v) is 18.2. The molecule has 36 heavy (non-hydrogen) atoms. The van der Waals surface area contributed by atoms with Crippen molar-refractivity contribution in [3.05, 3.63) is 0 Å². The molecule has 12 saturated carbocycles. The van der Waals surface area contributed by atoms with E-state index in [1.807, 2.05) is 0 Å². The Morgan fingerprint density at radius 3 is 1.00 bits per heavy atom. The number of nitrogens with zero attached hydrogens (tertiary/aromatic N) is 2. The molecule has 12 aliphatic carbocycles. The van der Waals surface area contributed by atoms with Crippen molar-refractivity contribution in [3.8, 4) is 0 Å². The van der Waals surface area contributed by atoms with Crippen LogP contribution in [0, 0.1) is 58.2 Å². The number of rotatable bonds is 4. The molecule has 4 heteroatoms. The van der Waals surface area contributed by atoms with Crippen LogP contribution >= 0.6 is 0 Å². The van der Waals surface area contributed by atoms with Crippen LogP contribution in [0.3, 0.4) is 0 Å². The first-order chi connectivity index (χ1) is 17.3. The van der Waals surface area contributed by atoms with Gasteiger partial charge in [0.05, 0.1) is 0 Å². The second-order valence-corrected chi connectivity index (χ2v) is 18.8. The van der Waals surface area contributed by atoms with E-state index in [0.29, 0.717) is 21.9 Å². The molecule has 0 saturated heterocycles. The number of hydrogen-bond acceptors (Lipinski definition) is 2. The maximum absolute atomic E-state index is 5.91. The van der Waals surface area contributed by atoms with Gasteiger partial charge in [-0.2, -0.15) is 0 Å². The topological polar surface area (TPSA) is 24.7 Å². The van der Waals surface area contributed by atoms with Crippen molar-refractivity contribution in [2.24, 2.45) is 68.2 Å². The van der Waals surface area contributed by atoms with Gasteiger partial charge in [0.1, 0.15) is 0 Å². The quantitative estimate of drug-likeness (QED) is 0.231. The first kappa shape index (κ1) is 23.6. The van der Waals surface area contributed by atoms with Crippen LogP contribution in [-0.4, -0.2) is 63.2 Å². The summed E-state index contributed by atoms with van der Waals surface area (Å²) >= 11 is 4.85. The Kier molecular flexibility index (Phi) is 5.12. The summed E-state index contributed by atoms with van der Waals surface area (Å²) in [6, 6.07) is 0. The molecule has 2 radical (unpaired) electrons. The van der Waals surface area contributed by atoms with Crippen molar-refractivity contribution in [1.82, 2.24) is 0 Å². The molecular weight excluding hydrogens is 668 g/mol. The minimum atomic E-state index is 0.348. The Morgan fingerprint density at radius 1 is 0.417 bits per heavy atom. The van der Waals surface area contributed by atoms with Crippen molar-refractivity contribution >= 4 is 52.1 Å². The monoisotopic (exact) mass is 716 g/mol. The molecular formula is C32H44N2Te2. The van der Waals surface area contributed by atoms with Crippen molar-refractivity contribution in [1.29, 1.82) is 0 Å². The third-order valence-corrected chi connectivity index (χ3v) is 16.7. The van der Waals surface area contributed by atoms with Crippen molar-refractivity contribution in [3.63, 3.8) is 0 Å². The predicted octanol–water partition coefficient (Wildman–Crippen LogP) is 6.64. The van der Waals surface area contributed by atoms with E-state index in [0.717, 1.165) is 47.3 Å². The molecule has 0 aromatic carbocycles. The summed E-state index contributed by atoms with van der Waals surface area (Å²) in [4.78, 5) is 11.8. The van der Waals surface area contributed by atoms with Gasteiger partial charge in [-0.3, -0.25) is 0 Å². The third kappa shape index (κ3) is 3.51. The minimum absolute atomic E-state index is 0.348. The summed E-state index contributed by atoms with van der Waals surface area (Å²) in [5.41, 5.74) is 1.52. The molecule has 12 bridgehead atoms. The van der Waals surface area contributed by atoms with Crippen LogP contribution in [0.2, 0.25) is 0 Å². The van der Waals surface area contributed by atoms with E-state index in [-0.39, 0.29) is 0 Å². The summed E-state index contributed by atoms with van der Waals surface area (Å²) in [7, 11) is 0. The normalized spacial score (nSPS) is 60.3. The Bertz CT molecular complexity index is 878. The Hall–Kier alpha value is 0.919. The SMILES string of the molecule is [Te]C(=NC12CC3CC(CC(C3)C1)C2)C12CC3CC(C1)CC(C([Te])=NC14CC5CC(CC(C5)C1)C4)(C3)C2. The molecule has 0 aliphatic heterocycles. The summed E-state index contributed by atoms with van der Waals surface area (Å²) < 4.78 is 3.25. The summed E-state index contributed by atoms with van der Waals surface area (Å²) in [6.45, 7) is 0. The fourth-order valence-electron chi connectivity index (χ4n) is 13.8. The molecule has 0 spiro atoms. The molecule has 2 nitrogen and oxygen atoms in total. The summed E-state index contributed by atoms with van der Waals surface area (Å²) in [6.07, 6.45) is 26.5. The Labute approximate surface area is 245 Å². The van der Waals surface area contributed by atoms with Crippen LogP contribution in [0.1, 0.15) is 116 Å². The van der Waals surface area contributed by atoms with Gasteiger partial charge in [0, 0.05) is 0 Å². The molecule has 12 fully saturated rings. The van der Waals surface area contributed by atoms with E-state index in [2.05, 4.69) is 44.6 Å². The molecule has 0 unspecified atom stereocenters. The maximum atomic E-state index is 5.91. The zero-order valence-electron chi connectivity index (χ0n) is 22.1. The zero-order chi connectivity index (χ0) is 23.9. The summed E-state index contributed by atoms with van der Waals surface area (Å²) in [5, 5.41) is 0. The molecule has 12 rings (SSSR count). The standard InChI is InChI=1S/C32H44N2Te2/c35-27(33-31-12-19-1-20(13-31)3-21(2-19)14-31)29-8-25-7-26(9-29)11-30(10-25,18-29)28(36)34-32-15-22-4-23(16-32)6-24(5-22)17-32/h19-26H,1-18H2. The van der Waals surface area contributed by atoms with Crippen LogP contribution in [0.25, 0.3) is 0 Å². The third-order valence-electron chi connectivity index (χ3n) is 13.7. The van der Waals surface area contributed by atoms with Gasteiger partial charge in [-0.25, -0.2) is 0 Å². The first-order valence-electron chi connectivity index (χ1n) is 15.8. The Morgan fingerprint density at radius 2 is 0.694 bits per heavy atom. The predicted molar refractivity (Wildman–Crippen MR) is 148 cm³/mol. The fourth-order valence-corrected chi connectivity index (χ4v) is 16.3. The molecule has 0 heterocycles. The second kappa shape index (κ2) is 7.80. The van der Waals surface area contributed by atoms with Crippen LogP contribution < -0.4 is 0 Å². The summed E-state index contributed by atoms with van der Waals surface area (Å²) in [5.74, 6) is 7.92. The van der Waals surface area contributed by atoms with E-state index < -0.39 is 0 Å². The number of hydrogen-bond donors (Lipinski definition) is 0. The molecule has 0 atom stereocenters. The molecule has 0 N–H and O–H groups in total. The molecule has 0 amide bonds. The van der Waals surface area contributed by atoms with Gasteiger partial charge in [-0.05, 0) is 0 Å². The van der Waals surface area contributed by atoms with E-state index in [9.17, 15) is 0 Å². The van der Waals surface area contributed by atoms with Gasteiger partial charge < -0.3 is 0 Å². The van der Waals surface area contributed by atoms with E-state index in [1.165, 1.54) is 116 Å². The molecule has 0 aromatic rings. The van der Waals surface area contributed by atoms with E-state index in [1.54, 1.807) is 7.52 Å². The van der Waals surface area contributed by atoms with Gasteiger partial charge in [0.25, 0.3) is 0 Å². The van der Waals surface area contributed by atoms with Crippen LogP contribution in [0.5, 0.6) is 0 Å². The van der Waals surface area contributed by atoms with Crippen LogP contribution in [0.4, 0.5) is 0 Å². The zero-order valence-corrected chi connectivity index (χ0v) is 26.7. The number of aliphatic imine (C=N–C) groups is 2. The average molecular weight is 712 g/mol. The van der Waals surface area contributed by atoms with Crippen molar-refractivity contribution in [2.45, 2.75) is 127 Å². The van der Waals surface area contributed by atoms with Gasteiger partial charge in [0.15, 0.2) is 0 Å². The van der Waals surface area contributed by atoms with Crippen molar-refractivity contribution < 1.29 is 0 Å². The average Bonchev–Trinajstić information content (AvgIpc) is 2.75. The molecule has 0 aromatic heterocycles. The van der Waals surface area contributed by atoms with Crippen LogP contribution in [-0.2, 0) is 0 Å². The van der Waals surface area contributed by atoms with Crippen LogP contribution in [0.15, 0.2) is 9.98 Å². The second-order valence-electron chi connectivity index (χ2n) is 16.6. The molecule has 12 aliphatic rings.